The van der Waals surface area contributed by atoms with Gasteiger partial charge in [0.2, 0.25) is 5.91 Å². The lowest BCUT2D eigenvalue weighted by molar-refractivity contribution is -0.128. The van der Waals surface area contributed by atoms with Crippen LogP contribution >= 0.6 is 27.7 Å². The molecule has 1 amide bonds. The van der Waals surface area contributed by atoms with E-state index in [2.05, 4.69) is 20.8 Å². The Morgan fingerprint density at radius 2 is 1.96 bits per heavy atom. The van der Waals surface area contributed by atoms with Crippen LogP contribution < -0.4 is 0 Å². The van der Waals surface area contributed by atoms with Crippen LogP contribution in [0.25, 0.3) is 0 Å². The van der Waals surface area contributed by atoms with Gasteiger partial charge in [-0.1, -0.05) is 6.07 Å². The van der Waals surface area contributed by atoms with Crippen molar-refractivity contribution in [3.05, 3.63) is 34.1 Å². The summed E-state index contributed by atoms with van der Waals surface area (Å²) < 4.78 is 13.9. The molecule has 2 saturated heterocycles. The van der Waals surface area contributed by atoms with Crippen LogP contribution in [0.1, 0.15) is 36.6 Å². The van der Waals surface area contributed by atoms with E-state index in [4.69, 9.17) is 0 Å². The van der Waals surface area contributed by atoms with Crippen LogP contribution in [0.2, 0.25) is 0 Å². The Bertz CT molecular complexity index is 566. The standard InChI is InChI=1S/C17H22BrFN2OS/c18-14-11-13(5-6-15(14)19)17-21(16(22)12-23-17)10-4-3-9-20-7-1-2-8-20/h5-6,11,17H,1-4,7-10,12H2. The van der Waals surface area contributed by atoms with Crippen molar-refractivity contribution in [1.82, 2.24) is 9.80 Å². The molecule has 1 aromatic rings. The van der Waals surface area contributed by atoms with Crippen LogP contribution in [0.15, 0.2) is 22.7 Å². The third-order valence-corrected chi connectivity index (χ3v) is 6.38. The number of carbonyl (C=O) groups excluding carboxylic acids is 1. The van der Waals surface area contributed by atoms with Crippen molar-refractivity contribution in [3.63, 3.8) is 0 Å². The lowest BCUT2D eigenvalue weighted by atomic mass is 10.2. The number of halogens is 2. The highest BCUT2D eigenvalue weighted by Gasteiger charge is 2.32. The second-order valence-corrected chi connectivity index (χ2v) is 8.10. The lowest BCUT2D eigenvalue weighted by Gasteiger charge is -2.25. The summed E-state index contributed by atoms with van der Waals surface area (Å²) in [5, 5.41) is 0.0196. The molecule has 0 aromatic heterocycles. The summed E-state index contributed by atoms with van der Waals surface area (Å²) in [6.07, 6.45) is 4.81. The Morgan fingerprint density at radius 1 is 1.22 bits per heavy atom. The predicted octanol–water partition coefficient (Wildman–Crippen LogP) is 4.04. The van der Waals surface area contributed by atoms with Crippen LogP contribution in [0.3, 0.4) is 0 Å². The molecule has 1 atom stereocenters. The zero-order valence-electron chi connectivity index (χ0n) is 13.1. The molecule has 0 spiro atoms. The predicted molar refractivity (Wildman–Crippen MR) is 95.9 cm³/mol. The molecule has 1 aromatic carbocycles. The second-order valence-electron chi connectivity index (χ2n) is 6.18. The van der Waals surface area contributed by atoms with Gasteiger partial charge in [0.05, 0.1) is 10.2 Å². The first-order valence-corrected chi connectivity index (χ1v) is 10.1. The van der Waals surface area contributed by atoms with Gasteiger partial charge < -0.3 is 9.80 Å². The summed E-state index contributed by atoms with van der Waals surface area (Å²) in [6.45, 7) is 4.39. The second kappa shape index (κ2) is 7.99. The molecule has 3 rings (SSSR count). The number of thioether (sulfide) groups is 1. The third kappa shape index (κ3) is 4.28. The Morgan fingerprint density at radius 3 is 2.70 bits per heavy atom. The van der Waals surface area contributed by atoms with Crippen molar-refractivity contribution < 1.29 is 9.18 Å². The number of benzene rings is 1. The van der Waals surface area contributed by atoms with Crippen molar-refractivity contribution in [3.8, 4) is 0 Å². The molecule has 0 N–H and O–H groups in total. The lowest BCUT2D eigenvalue weighted by Crippen LogP contribution is -2.30. The Balaban J connectivity index is 1.55. The van der Waals surface area contributed by atoms with Crippen LogP contribution in [0.5, 0.6) is 0 Å². The topological polar surface area (TPSA) is 23.6 Å². The number of hydrogen-bond donors (Lipinski definition) is 0. The van der Waals surface area contributed by atoms with E-state index in [1.807, 2.05) is 4.90 Å². The van der Waals surface area contributed by atoms with E-state index >= 15 is 0 Å². The summed E-state index contributed by atoms with van der Waals surface area (Å²) in [4.78, 5) is 16.6. The molecule has 3 nitrogen and oxygen atoms in total. The highest BCUT2D eigenvalue weighted by atomic mass is 79.9. The van der Waals surface area contributed by atoms with Crippen LogP contribution in [0, 0.1) is 5.82 Å². The minimum Gasteiger partial charge on any atom is -0.326 e. The number of likely N-dealkylation sites (tertiary alicyclic amines) is 1. The summed E-state index contributed by atoms with van der Waals surface area (Å²) in [5.74, 6) is 0.452. The van der Waals surface area contributed by atoms with Gasteiger partial charge >= 0.3 is 0 Å². The molecule has 6 heteroatoms. The first kappa shape index (κ1) is 17.2. The van der Waals surface area contributed by atoms with Crippen LogP contribution in [0.4, 0.5) is 4.39 Å². The van der Waals surface area contributed by atoms with Gasteiger partial charge in [0, 0.05) is 6.54 Å². The Labute approximate surface area is 149 Å². The minimum atomic E-state index is -0.264. The fourth-order valence-electron chi connectivity index (χ4n) is 3.26. The summed E-state index contributed by atoms with van der Waals surface area (Å²) in [7, 11) is 0. The first-order chi connectivity index (χ1) is 11.1. The molecule has 0 radical (unpaired) electrons. The van der Waals surface area contributed by atoms with Gasteiger partial charge in [-0.3, -0.25) is 4.79 Å². The number of amides is 1. The van der Waals surface area contributed by atoms with Gasteiger partial charge in [-0.05, 0) is 78.9 Å². The smallest absolute Gasteiger partial charge is 0.233 e. The van der Waals surface area contributed by atoms with Crippen molar-refractivity contribution in [2.45, 2.75) is 31.1 Å². The van der Waals surface area contributed by atoms with Gasteiger partial charge in [-0.25, -0.2) is 4.39 Å². The SMILES string of the molecule is O=C1CSC(c2ccc(F)c(Br)c2)N1CCCCN1CCCC1. The molecule has 23 heavy (non-hydrogen) atoms. The number of hydrogen-bond acceptors (Lipinski definition) is 3. The van der Waals surface area contributed by atoms with E-state index in [0.717, 1.165) is 31.5 Å². The summed E-state index contributed by atoms with van der Waals surface area (Å²) in [5.41, 5.74) is 0.994. The van der Waals surface area contributed by atoms with E-state index in [9.17, 15) is 9.18 Å². The van der Waals surface area contributed by atoms with Crippen LogP contribution in [-0.2, 0) is 4.79 Å². The Kier molecular flexibility index (Phi) is 5.99. The molecular formula is C17H22BrFN2OS. The molecule has 0 saturated carbocycles. The Hall–Kier alpha value is -0.590. The van der Waals surface area contributed by atoms with E-state index in [1.54, 1.807) is 23.9 Å². The largest absolute Gasteiger partial charge is 0.326 e. The van der Waals surface area contributed by atoms with Crippen LogP contribution in [-0.4, -0.2) is 47.6 Å². The average Bonchev–Trinajstić information content (AvgIpc) is 3.17. The number of carbonyl (C=O) groups is 1. The monoisotopic (exact) mass is 400 g/mol. The molecule has 1 unspecified atom stereocenters. The maximum Gasteiger partial charge on any atom is 0.233 e. The number of rotatable bonds is 6. The highest BCUT2D eigenvalue weighted by Crippen LogP contribution is 2.39. The maximum absolute atomic E-state index is 13.4. The quantitative estimate of drug-likeness (QED) is 0.673. The van der Waals surface area contributed by atoms with E-state index in [1.165, 1.54) is 32.0 Å². The average molecular weight is 401 g/mol. The van der Waals surface area contributed by atoms with E-state index in [0.29, 0.717) is 10.2 Å². The molecule has 2 heterocycles. The fourth-order valence-corrected chi connectivity index (χ4v) is 4.87. The van der Waals surface area contributed by atoms with Crippen molar-refractivity contribution in [2.75, 3.05) is 31.9 Å². The zero-order valence-corrected chi connectivity index (χ0v) is 15.5. The molecule has 126 valence electrons. The van der Waals surface area contributed by atoms with Crippen molar-refractivity contribution in [2.24, 2.45) is 0 Å². The molecule has 0 aliphatic carbocycles. The van der Waals surface area contributed by atoms with Gasteiger partial charge in [0.1, 0.15) is 11.2 Å². The normalized spacial score (nSPS) is 22.3. The molecule has 2 fully saturated rings. The van der Waals surface area contributed by atoms with Gasteiger partial charge in [-0.2, -0.15) is 0 Å². The summed E-state index contributed by atoms with van der Waals surface area (Å²) >= 11 is 4.87. The number of nitrogens with zero attached hydrogens (tertiary/aromatic N) is 2. The van der Waals surface area contributed by atoms with E-state index in [-0.39, 0.29) is 17.1 Å². The molecule has 0 bridgehead atoms. The van der Waals surface area contributed by atoms with Gasteiger partial charge in [0.25, 0.3) is 0 Å². The zero-order chi connectivity index (χ0) is 16.2. The minimum absolute atomic E-state index is 0.0196. The van der Waals surface area contributed by atoms with E-state index < -0.39 is 0 Å². The molecular weight excluding hydrogens is 379 g/mol. The van der Waals surface area contributed by atoms with Gasteiger partial charge in [0.15, 0.2) is 0 Å². The number of unbranched alkanes of at least 4 members (excludes halogenated alkanes) is 1. The third-order valence-electron chi connectivity index (χ3n) is 4.52. The fraction of sp³-hybridized carbons (Fsp3) is 0.588. The molecule has 2 aliphatic rings. The maximum atomic E-state index is 13.4. The van der Waals surface area contributed by atoms with Crippen molar-refractivity contribution in [1.29, 1.82) is 0 Å². The summed E-state index contributed by atoms with van der Waals surface area (Å²) in [6, 6.07) is 5.05. The highest BCUT2D eigenvalue weighted by molar-refractivity contribution is 9.10. The first-order valence-electron chi connectivity index (χ1n) is 8.23. The van der Waals surface area contributed by atoms with Gasteiger partial charge in [-0.15, -0.1) is 11.8 Å². The molecule has 2 aliphatic heterocycles. The van der Waals surface area contributed by atoms with Crippen molar-refractivity contribution >= 4 is 33.6 Å².